The lowest BCUT2D eigenvalue weighted by Gasteiger charge is -2.36. The van der Waals surface area contributed by atoms with E-state index >= 15 is 0 Å². The van der Waals surface area contributed by atoms with E-state index in [1.807, 2.05) is 0 Å². The summed E-state index contributed by atoms with van der Waals surface area (Å²) in [5.74, 6) is -3.81. The Morgan fingerprint density at radius 1 is 0.600 bits per heavy atom. The van der Waals surface area contributed by atoms with Gasteiger partial charge in [-0.25, -0.2) is 9.59 Å². The van der Waals surface area contributed by atoms with Gasteiger partial charge in [-0.2, -0.15) is 0 Å². The maximum atomic E-state index is 11.1. The molecule has 0 heterocycles. The smallest absolute Gasteiger partial charge is 0.359 e. The Morgan fingerprint density at radius 3 is 1.23 bits per heavy atom. The number of nitrogens with zero attached hydrogens (tertiary/aromatic N) is 1. The summed E-state index contributed by atoms with van der Waals surface area (Å²) in [7, 11) is 0. The molecule has 0 rings (SSSR count). The fourth-order valence-corrected chi connectivity index (χ4v) is 4.07. The lowest BCUT2D eigenvalue weighted by atomic mass is 10.0. The van der Waals surface area contributed by atoms with E-state index in [1.54, 1.807) is 0 Å². The van der Waals surface area contributed by atoms with Gasteiger partial charge in [0.1, 0.15) is 6.54 Å². The molecule has 0 atom stereocenters. The van der Waals surface area contributed by atoms with Crippen molar-refractivity contribution in [2.24, 2.45) is 0 Å². The Bertz CT molecular complexity index is 440. The van der Waals surface area contributed by atoms with Crippen molar-refractivity contribution in [3.05, 3.63) is 0 Å². The van der Waals surface area contributed by atoms with Crippen LogP contribution in [-0.4, -0.2) is 58.8 Å². The molecule has 0 bridgehead atoms. The zero-order valence-electron chi connectivity index (χ0n) is 18.9. The van der Waals surface area contributed by atoms with Gasteiger partial charge in [0.15, 0.2) is 13.1 Å². The number of rotatable bonds is 22. The number of carboxylic acid groups (broad SMARTS) is 3. The highest BCUT2D eigenvalue weighted by Crippen LogP contribution is 2.15. The van der Waals surface area contributed by atoms with Crippen molar-refractivity contribution in [1.29, 1.82) is 0 Å². The van der Waals surface area contributed by atoms with Crippen LogP contribution in [0, 0.1) is 0 Å². The number of hydrogen-bond donors (Lipinski definition) is 2. The zero-order valence-corrected chi connectivity index (χ0v) is 18.9. The topological polar surface area (TPSA) is 115 Å². The molecule has 0 aliphatic rings. The van der Waals surface area contributed by atoms with Gasteiger partial charge in [-0.3, -0.25) is 0 Å². The molecule has 0 spiro atoms. The number of carboxylic acids is 3. The van der Waals surface area contributed by atoms with Gasteiger partial charge < -0.3 is 24.6 Å². The van der Waals surface area contributed by atoms with E-state index in [2.05, 4.69) is 6.92 Å². The molecule has 0 aliphatic carbocycles. The maximum Gasteiger partial charge on any atom is 0.359 e. The molecule has 0 unspecified atom stereocenters. The van der Waals surface area contributed by atoms with Crippen molar-refractivity contribution in [3.8, 4) is 0 Å². The highest BCUT2D eigenvalue weighted by atomic mass is 16.4. The number of aliphatic carboxylic acids is 3. The van der Waals surface area contributed by atoms with Crippen molar-refractivity contribution in [1.82, 2.24) is 0 Å². The van der Waals surface area contributed by atoms with E-state index < -0.39 is 42.0 Å². The second kappa shape index (κ2) is 18.2. The third kappa shape index (κ3) is 17.2. The van der Waals surface area contributed by atoms with Gasteiger partial charge in [0.25, 0.3) is 0 Å². The Morgan fingerprint density at radius 2 is 0.933 bits per heavy atom. The van der Waals surface area contributed by atoms with Crippen LogP contribution in [0.15, 0.2) is 0 Å². The van der Waals surface area contributed by atoms with E-state index in [0.717, 1.165) is 19.3 Å². The molecule has 0 fully saturated rings. The van der Waals surface area contributed by atoms with Crippen LogP contribution in [0.5, 0.6) is 0 Å². The van der Waals surface area contributed by atoms with Crippen molar-refractivity contribution in [2.75, 3.05) is 26.2 Å². The minimum atomic E-state index is -1.42. The van der Waals surface area contributed by atoms with Crippen LogP contribution < -0.4 is 5.11 Å². The summed E-state index contributed by atoms with van der Waals surface area (Å²) in [5, 5.41) is 29.2. The molecule has 176 valence electrons. The summed E-state index contributed by atoms with van der Waals surface area (Å²) in [6.45, 7) is 0.850. The first kappa shape index (κ1) is 28.4. The lowest BCUT2D eigenvalue weighted by molar-refractivity contribution is -0.909. The van der Waals surface area contributed by atoms with Gasteiger partial charge in [0.2, 0.25) is 0 Å². The summed E-state index contributed by atoms with van der Waals surface area (Å²) in [4.78, 5) is 33.3. The fourth-order valence-electron chi connectivity index (χ4n) is 4.07. The fraction of sp³-hybridized carbons (Fsp3) is 0.870. The van der Waals surface area contributed by atoms with E-state index in [1.165, 1.54) is 70.6 Å². The van der Waals surface area contributed by atoms with Gasteiger partial charge in [-0.05, 0) is 12.8 Å². The summed E-state index contributed by atoms with van der Waals surface area (Å²) in [6.07, 6.45) is 18.0. The Labute approximate surface area is 182 Å². The second-order valence-electron chi connectivity index (χ2n) is 8.65. The number of carbonyl (C=O) groups excluding carboxylic acids is 1. The second-order valence-corrected chi connectivity index (χ2v) is 8.65. The highest BCUT2D eigenvalue weighted by molar-refractivity contribution is 5.72. The van der Waals surface area contributed by atoms with Crippen molar-refractivity contribution in [3.63, 3.8) is 0 Å². The standard InChI is InChI=1S/C23H43NO6/c1-2-3-4-5-6-7-8-9-10-11-12-13-14-15-16-17-24(18-21(25)26,19-22(27)28)20-23(29)30/h2-20H2,1H3,(H2-,25,26,27,28,29,30). The summed E-state index contributed by atoms with van der Waals surface area (Å²) in [5.41, 5.74) is 0. The average Bonchev–Trinajstić information content (AvgIpc) is 2.63. The summed E-state index contributed by atoms with van der Waals surface area (Å²) < 4.78 is -0.495. The molecule has 0 aromatic carbocycles. The Hall–Kier alpha value is -1.63. The number of quaternary nitrogens is 1. The van der Waals surface area contributed by atoms with Gasteiger partial charge in [-0.1, -0.05) is 90.4 Å². The van der Waals surface area contributed by atoms with Crippen LogP contribution >= 0.6 is 0 Å². The van der Waals surface area contributed by atoms with Gasteiger partial charge >= 0.3 is 11.9 Å². The van der Waals surface area contributed by atoms with Crippen LogP contribution in [0.3, 0.4) is 0 Å². The Kier molecular flexibility index (Phi) is 17.2. The van der Waals surface area contributed by atoms with E-state index in [0.29, 0.717) is 6.42 Å². The Balaban J connectivity index is 3.87. The first-order valence-corrected chi connectivity index (χ1v) is 11.8. The number of hydrogen-bond acceptors (Lipinski definition) is 4. The van der Waals surface area contributed by atoms with E-state index in [-0.39, 0.29) is 6.54 Å². The first-order valence-electron chi connectivity index (χ1n) is 11.8. The zero-order chi connectivity index (χ0) is 22.7. The molecule has 0 saturated heterocycles. The summed E-state index contributed by atoms with van der Waals surface area (Å²) in [6, 6.07) is 0. The van der Waals surface area contributed by atoms with Crippen LogP contribution in [0.4, 0.5) is 0 Å². The monoisotopic (exact) mass is 429 g/mol. The molecule has 30 heavy (non-hydrogen) atoms. The largest absolute Gasteiger partial charge is 0.544 e. The molecule has 0 aromatic rings. The van der Waals surface area contributed by atoms with Crippen LogP contribution in [0.2, 0.25) is 0 Å². The lowest BCUT2D eigenvalue weighted by Crippen LogP contribution is -2.59. The quantitative estimate of drug-likeness (QED) is 0.201. The maximum absolute atomic E-state index is 11.1. The predicted octanol–water partition coefficient (Wildman–Crippen LogP) is 3.59. The van der Waals surface area contributed by atoms with Gasteiger partial charge in [0, 0.05) is 0 Å². The molecule has 0 aromatic heterocycles. The van der Waals surface area contributed by atoms with Crippen LogP contribution in [-0.2, 0) is 14.4 Å². The minimum absolute atomic E-state index is 0.227. The molecule has 0 saturated carbocycles. The van der Waals surface area contributed by atoms with Crippen LogP contribution in [0.25, 0.3) is 0 Å². The number of unbranched alkanes of at least 4 members (excludes halogenated alkanes) is 14. The van der Waals surface area contributed by atoms with Crippen LogP contribution in [0.1, 0.15) is 103 Å². The molecular formula is C23H43NO6. The molecule has 0 radical (unpaired) electrons. The van der Waals surface area contributed by atoms with Crippen molar-refractivity contribution < 1.29 is 34.2 Å². The third-order valence-corrected chi connectivity index (χ3v) is 5.64. The molecule has 7 nitrogen and oxygen atoms in total. The molecule has 0 aliphatic heterocycles. The number of carbonyl (C=O) groups is 3. The van der Waals surface area contributed by atoms with Gasteiger partial charge in [-0.15, -0.1) is 0 Å². The van der Waals surface area contributed by atoms with Gasteiger partial charge in [0.05, 0.1) is 12.5 Å². The normalized spacial score (nSPS) is 11.5. The third-order valence-electron chi connectivity index (χ3n) is 5.64. The highest BCUT2D eigenvalue weighted by Gasteiger charge is 2.33. The molecule has 2 N–H and O–H groups in total. The van der Waals surface area contributed by atoms with E-state index in [4.69, 9.17) is 10.2 Å². The molecule has 0 amide bonds. The molecular weight excluding hydrogens is 386 g/mol. The SMILES string of the molecule is CCCCCCCCCCCCCCCCC[N+](CC(=O)[O-])(CC(=O)O)CC(=O)O. The van der Waals surface area contributed by atoms with Crippen molar-refractivity contribution >= 4 is 17.9 Å². The average molecular weight is 430 g/mol. The minimum Gasteiger partial charge on any atom is -0.544 e. The first-order chi connectivity index (χ1) is 14.3. The summed E-state index contributed by atoms with van der Waals surface area (Å²) >= 11 is 0. The van der Waals surface area contributed by atoms with E-state index in [9.17, 15) is 19.5 Å². The van der Waals surface area contributed by atoms with Crippen molar-refractivity contribution in [2.45, 2.75) is 103 Å². The predicted molar refractivity (Wildman–Crippen MR) is 115 cm³/mol. The molecule has 7 heteroatoms.